The first-order valence-corrected chi connectivity index (χ1v) is 8.15. The van der Waals surface area contributed by atoms with Crippen LogP contribution in [0.1, 0.15) is 58.3 Å². The van der Waals surface area contributed by atoms with Crippen molar-refractivity contribution in [3.63, 3.8) is 0 Å². The van der Waals surface area contributed by atoms with Gasteiger partial charge in [0.2, 0.25) is 5.91 Å². The second kappa shape index (κ2) is 5.82. The molecule has 1 aliphatic carbocycles. The van der Waals surface area contributed by atoms with Crippen molar-refractivity contribution in [2.45, 2.75) is 70.5 Å². The van der Waals surface area contributed by atoms with E-state index in [1.165, 1.54) is 25.7 Å². The minimum Gasteiger partial charge on any atom is -0.375 e. The first kappa shape index (κ1) is 13.4. The topological polar surface area (TPSA) is 29.5 Å². The van der Waals surface area contributed by atoms with Gasteiger partial charge in [0, 0.05) is 25.4 Å². The molecule has 3 aliphatic rings. The van der Waals surface area contributed by atoms with Crippen LogP contribution in [-0.2, 0) is 9.53 Å². The van der Waals surface area contributed by atoms with Crippen LogP contribution < -0.4 is 0 Å². The molecule has 0 radical (unpaired) electrons. The number of hydrogen-bond acceptors (Lipinski definition) is 2. The van der Waals surface area contributed by atoms with Crippen LogP contribution in [0.15, 0.2) is 0 Å². The van der Waals surface area contributed by atoms with Gasteiger partial charge in [-0.1, -0.05) is 25.7 Å². The van der Waals surface area contributed by atoms with Crippen LogP contribution in [-0.4, -0.2) is 36.1 Å². The molecule has 0 spiro atoms. The highest BCUT2D eigenvalue weighted by Gasteiger charge is 2.38. The lowest BCUT2D eigenvalue weighted by atomic mass is 9.92. The van der Waals surface area contributed by atoms with Gasteiger partial charge in [-0.2, -0.15) is 0 Å². The molecule has 2 saturated heterocycles. The average molecular weight is 265 g/mol. The van der Waals surface area contributed by atoms with Crippen LogP contribution in [0.5, 0.6) is 0 Å². The number of carbonyl (C=O) groups is 1. The van der Waals surface area contributed by atoms with Gasteiger partial charge < -0.3 is 9.64 Å². The molecule has 19 heavy (non-hydrogen) atoms. The van der Waals surface area contributed by atoms with Crippen LogP contribution in [0, 0.1) is 11.8 Å². The number of nitrogens with zero attached hydrogens (tertiary/aromatic N) is 1. The molecule has 3 heteroatoms. The molecule has 3 nitrogen and oxygen atoms in total. The molecule has 2 aliphatic heterocycles. The number of piperidine rings is 1. The molecule has 0 aromatic heterocycles. The number of likely N-dealkylation sites (tertiary alicyclic amines) is 1. The van der Waals surface area contributed by atoms with Crippen LogP contribution >= 0.6 is 0 Å². The van der Waals surface area contributed by atoms with Gasteiger partial charge in [-0.05, 0) is 32.1 Å². The Labute approximate surface area is 116 Å². The highest BCUT2D eigenvalue weighted by molar-refractivity contribution is 5.76. The van der Waals surface area contributed by atoms with Gasteiger partial charge >= 0.3 is 0 Å². The first-order valence-electron chi connectivity index (χ1n) is 8.15. The quantitative estimate of drug-likeness (QED) is 0.785. The monoisotopic (exact) mass is 265 g/mol. The molecule has 3 rings (SSSR count). The zero-order valence-corrected chi connectivity index (χ0v) is 12.1. The zero-order valence-electron chi connectivity index (χ0n) is 12.1. The molecule has 108 valence electrons. The molecule has 3 atom stereocenters. The first-order chi connectivity index (χ1) is 9.22. The number of amides is 1. The standard InChI is InChI=1S/C16H27NO2/c1-12-10-14-11-17(9-8-15(14)19-12)16(18)7-6-13-4-2-3-5-13/h12-15H,2-11H2,1H3/t12-,14-,15+/m0/s1. The summed E-state index contributed by atoms with van der Waals surface area (Å²) in [4.78, 5) is 14.4. The number of carbonyl (C=O) groups excluding carboxylic acids is 1. The molecule has 0 aromatic carbocycles. The maximum absolute atomic E-state index is 12.3. The van der Waals surface area contributed by atoms with Crippen molar-refractivity contribution in [2.75, 3.05) is 13.1 Å². The Morgan fingerprint density at radius 1 is 1.26 bits per heavy atom. The van der Waals surface area contributed by atoms with Gasteiger partial charge in [-0.25, -0.2) is 0 Å². The summed E-state index contributed by atoms with van der Waals surface area (Å²) in [7, 11) is 0. The average Bonchev–Trinajstić information content (AvgIpc) is 3.02. The van der Waals surface area contributed by atoms with Crippen molar-refractivity contribution >= 4 is 5.91 Å². The van der Waals surface area contributed by atoms with E-state index in [2.05, 4.69) is 11.8 Å². The fourth-order valence-corrected chi connectivity index (χ4v) is 4.21. The second-order valence-electron chi connectivity index (χ2n) is 6.80. The Hall–Kier alpha value is -0.570. The molecule has 0 N–H and O–H groups in total. The van der Waals surface area contributed by atoms with E-state index >= 15 is 0 Å². The van der Waals surface area contributed by atoms with Gasteiger partial charge in [0.1, 0.15) is 0 Å². The lowest BCUT2D eigenvalue weighted by Crippen LogP contribution is -2.44. The third-order valence-electron chi connectivity index (χ3n) is 5.30. The predicted octanol–water partition coefficient (Wildman–Crippen LogP) is 2.98. The molecular formula is C16H27NO2. The highest BCUT2D eigenvalue weighted by atomic mass is 16.5. The van der Waals surface area contributed by atoms with Crippen molar-refractivity contribution < 1.29 is 9.53 Å². The highest BCUT2D eigenvalue weighted by Crippen LogP contribution is 2.33. The maximum Gasteiger partial charge on any atom is 0.222 e. The fourth-order valence-electron chi connectivity index (χ4n) is 4.21. The van der Waals surface area contributed by atoms with E-state index in [0.717, 1.165) is 44.7 Å². The number of ether oxygens (including phenoxy) is 1. The Morgan fingerprint density at radius 2 is 2.05 bits per heavy atom. The minimum absolute atomic E-state index is 0.392. The smallest absolute Gasteiger partial charge is 0.222 e. The van der Waals surface area contributed by atoms with Gasteiger partial charge in [-0.15, -0.1) is 0 Å². The Morgan fingerprint density at radius 3 is 2.84 bits per heavy atom. The lowest BCUT2D eigenvalue weighted by molar-refractivity contribution is -0.134. The number of hydrogen-bond donors (Lipinski definition) is 0. The summed E-state index contributed by atoms with van der Waals surface area (Å²) in [5, 5.41) is 0. The summed E-state index contributed by atoms with van der Waals surface area (Å²) in [6, 6.07) is 0. The van der Waals surface area contributed by atoms with E-state index in [9.17, 15) is 4.79 Å². The molecule has 0 bridgehead atoms. The summed E-state index contributed by atoms with van der Waals surface area (Å²) >= 11 is 0. The van der Waals surface area contributed by atoms with Crippen molar-refractivity contribution in [3.8, 4) is 0 Å². The lowest BCUT2D eigenvalue weighted by Gasteiger charge is -2.34. The van der Waals surface area contributed by atoms with Gasteiger partial charge in [0.15, 0.2) is 0 Å². The third kappa shape index (κ3) is 3.13. The molecule has 1 amide bonds. The normalized spacial score (nSPS) is 35.6. The number of rotatable bonds is 3. The van der Waals surface area contributed by atoms with Crippen molar-refractivity contribution in [1.29, 1.82) is 0 Å². The molecule has 2 heterocycles. The third-order valence-corrected chi connectivity index (χ3v) is 5.30. The summed E-state index contributed by atoms with van der Waals surface area (Å²) in [6.07, 6.45) is 10.4. The van der Waals surface area contributed by atoms with Crippen molar-refractivity contribution in [3.05, 3.63) is 0 Å². The molecule has 0 aromatic rings. The van der Waals surface area contributed by atoms with E-state index in [-0.39, 0.29) is 0 Å². The fraction of sp³-hybridized carbons (Fsp3) is 0.938. The van der Waals surface area contributed by atoms with Crippen molar-refractivity contribution in [2.24, 2.45) is 11.8 Å². The zero-order chi connectivity index (χ0) is 13.2. The van der Waals surface area contributed by atoms with Crippen LogP contribution in [0.4, 0.5) is 0 Å². The van der Waals surface area contributed by atoms with Crippen LogP contribution in [0.2, 0.25) is 0 Å². The number of fused-ring (bicyclic) bond motifs is 1. The molecular weight excluding hydrogens is 238 g/mol. The molecule has 0 unspecified atom stereocenters. The molecule has 3 fully saturated rings. The summed E-state index contributed by atoms with van der Waals surface area (Å²) < 4.78 is 5.90. The van der Waals surface area contributed by atoms with E-state index < -0.39 is 0 Å². The van der Waals surface area contributed by atoms with E-state index in [0.29, 0.717) is 24.0 Å². The minimum atomic E-state index is 0.392. The summed E-state index contributed by atoms with van der Waals surface area (Å²) in [5.74, 6) is 1.82. The largest absolute Gasteiger partial charge is 0.375 e. The van der Waals surface area contributed by atoms with Crippen LogP contribution in [0.25, 0.3) is 0 Å². The second-order valence-corrected chi connectivity index (χ2v) is 6.80. The SMILES string of the molecule is C[C@H]1C[C@H]2CN(C(=O)CCC3CCCC3)CC[C@H]2O1. The summed E-state index contributed by atoms with van der Waals surface area (Å²) in [5.41, 5.74) is 0. The Bertz CT molecular complexity index is 325. The summed E-state index contributed by atoms with van der Waals surface area (Å²) in [6.45, 7) is 4.01. The predicted molar refractivity (Wildman–Crippen MR) is 74.8 cm³/mol. The Kier molecular flexibility index (Phi) is 4.11. The van der Waals surface area contributed by atoms with Gasteiger partial charge in [0.25, 0.3) is 0 Å². The van der Waals surface area contributed by atoms with Crippen molar-refractivity contribution in [1.82, 2.24) is 4.90 Å². The Balaban J connectivity index is 1.45. The van der Waals surface area contributed by atoms with Gasteiger partial charge in [0.05, 0.1) is 12.2 Å². The molecule has 1 saturated carbocycles. The maximum atomic E-state index is 12.3. The van der Waals surface area contributed by atoms with Gasteiger partial charge in [-0.3, -0.25) is 4.79 Å². The van der Waals surface area contributed by atoms with E-state index in [1.807, 2.05) is 0 Å². The van der Waals surface area contributed by atoms with E-state index in [4.69, 9.17) is 4.74 Å². The van der Waals surface area contributed by atoms with E-state index in [1.54, 1.807) is 0 Å². The van der Waals surface area contributed by atoms with Crippen LogP contribution in [0.3, 0.4) is 0 Å².